The molecule has 0 N–H and O–H groups in total. The van der Waals surface area contributed by atoms with Gasteiger partial charge in [-0.3, -0.25) is 9.69 Å². The molecular formula is C19H33BrN2O5. The second-order valence-corrected chi connectivity index (χ2v) is 9.54. The number of esters is 1. The number of nitrogens with zero attached hydrogens (tertiary/aromatic N) is 2. The summed E-state index contributed by atoms with van der Waals surface area (Å²) < 4.78 is 10.9. The Bertz CT molecular complexity index is 539. The van der Waals surface area contributed by atoms with Gasteiger partial charge in [-0.25, -0.2) is 9.59 Å². The lowest BCUT2D eigenvalue weighted by Crippen LogP contribution is -2.62. The zero-order chi connectivity index (χ0) is 20.8. The van der Waals surface area contributed by atoms with E-state index in [-0.39, 0.29) is 19.0 Å². The first kappa shape index (κ1) is 23.7. The van der Waals surface area contributed by atoms with Gasteiger partial charge < -0.3 is 14.4 Å². The third-order valence-electron chi connectivity index (χ3n) is 3.80. The number of hydrogen-bond donors (Lipinski definition) is 0. The van der Waals surface area contributed by atoms with Gasteiger partial charge in [0.25, 0.3) is 0 Å². The average Bonchev–Trinajstić information content (AvgIpc) is 2.49. The van der Waals surface area contributed by atoms with Crippen molar-refractivity contribution in [2.24, 2.45) is 0 Å². The van der Waals surface area contributed by atoms with Crippen LogP contribution in [0.25, 0.3) is 0 Å². The third-order valence-corrected chi connectivity index (χ3v) is 4.36. The molecule has 1 heterocycles. The van der Waals surface area contributed by atoms with Crippen LogP contribution in [0, 0.1) is 0 Å². The summed E-state index contributed by atoms with van der Waals surface area (Å²) >= 11 is 3.39. The van der Waals surface area contributed by atoms with Gasteiger partial charge in [0.1, 0.15) is 17.7 Å². The molecule has 1 saturated heterocycles. The van der Waals surface area contributed by atoms with Gasteiger partial charge in [-0.1, -0.05) is 22.4 Å². The van der Waals surface area contributed by atoms with Gasteiger partial charge >= 0.3 is 12.1 Å². The number of piperazine rings is 1. The maximum absolute atomic E-state index is 12.7. The quantitative estimate of drug-likeness (QED) is 0.353. The molecule has 7 nitrogen and oxygen atoms in total. The number of amides is 2. The topological polar surface area (TPSA) is 76.2 Å². The van der Waals surface area contributed by atoms with Crippen LogP contribution >= 0.6 is 15.9 Å². The minimum Gasteiger partial charge on any atom is -0.458 e. The molecule has 27 heavy (non-hydrogen) atoms. The predicted molar refractivity (Wildman–Crippen MR) is 107 cm³/mol. The first-order valence-corrected chi connectivity index (χ1v) is 10.5. The van der Waals surface area contributed by atoms with Crippen molar-refractivity contribution in [3.8, 4) is 0 Å². The van der Waals surface area contributed by atoms with Crippen molar-refractivity contribution < 1.29 is 23.9 Å². The van der Waals surface area contributed by atoms with Gasteiger partial charge in [0.05, 0.1) is 6.54 Å². The molecule has 0 aromatic rings. The van der Waals surface area contributed by atoms with E-state index in [0.29, 0.717) is 6.54 Å². The van der Waals surface area contributed by atoms with E-state index in [2.05, 4.69) is 15.9 Å². The monoisotopic (exact) mass is 448 g/mol. The molecule has 0 spiro atoms. The minimum atomic E-state index is -0.868. The summed E-state index contributed by atoms with van der Waals surface area (Å²) in [7, 11) is 0. The third kappa shape index (κ3) is 8.49. The molecule has 0 aromatic heterocycles. The van der Waals surface area contributed by atoms with Crippen molar-refractivity contribution in [3.63, 3.8) is 0 Å². The SMILES string of the molecule is CC(C)(C)OC(=O)C1CN(CCCCCBr)C(=O)CN1C(=O)OC(C)(C)C. The number of carbonyl (C=O) groups excluding carboxylic acids is 3. The first-order chi connectivity index (χ1) is 12.3. The molecule has 0 aliphatic carbocycles. The second kappa shape index (κ2) is 9.75. The van der Waals surface area contributed by atoms with Crippen molar-refractivity contribution in [2.45, 2.75) is 78.0 Å². The lowest BCUT2D eigenvalue weighted by atomic mass is 10.1. The Morgan fingerprint density at radius 3 is 2.15 bits per heavy atom. The normalized spacial score (nSPS) is 18.5. The Morgan fingerprint density at radius 2 is 1.63 bits per heavy atom. The van der Waals surface area contributed by atoms with Gasteiger partial charge in [0.2, 0.25) is 5.91 Å². The fraction of sp³-hybridized carbons (Fsp3) is 0.842. The van der Waals surface area contributed by atoms with E-state index in [1.54, 1.807) is 46.4 Å². The Kier molecular flexibility index (Phi) is 8.57. The number of rotatable bonds is 6. The highest BCUT2D eigenvalue weighted by Crippen LogP contribution is 2.20. The molecule has 1 aliphatic heterocycles. The number of halogens is 1. The van der Waals surface area contributed by atoms with E-state index < -0.39 is 29.3 Å². The van der Waals surface area contributed by atoms with E-state index in [1.165, 1.54) is 4.90 Å². The molecule has 0 saturated carbocycles. The fourth-order valence-corrected chi connectivity index (χ4v) is 3.04. The molecule has 0 radical (unpaired) electrons. The molecule has 1 rings (SSSR count). The molecule has 1 aliphatic rings. The van der Waals surface area contributed by atoms with Gasteiger partial charge in [-0.2, -0.15) is 0 Å². The average molecular weight is 449 g/mol. The van der Waals surface area contributed by atoms with Crippen molar-refractivity contribution >= 4 is 33.9 Å². The van der Waals surface area contributed by atoms with Crippen LogP contribution in [0.15, 0.2) is 0 Å². The molecular weight excluding hydrogens is 416 g/mol. The van der Waals surface area contributed by atoms with E-state index in [0.717, 1.165) is 24.6 Å². The van der Waals surface area contributed by atoms with E-state index >= 15 is 0 Å². The standard InChI is InChI=1S/C19H33BrN2O5/c1-18(2,3)26-16(24)14-12-21(11-9-7-8-10-20)15(23)13-22(14)17(25)27-19(4,5)6/h14H,7-13H2,1-6H3. The second-order valence-electron chi connectivity index (χ2n) is 8.75. The smallest absolute Gasteiger partial charge is 0.411 e. The summed E-state index contributed by atoms with van der Waals surface area (Å²) in [6.07, 6.45) is 2.19. The van der Waals surface area contributed by atoms with E-state index in [1.807, 2.05) is 0 Å². The van der Waals surface area contributed by atoms with Crippen LogP contribution in [0.5, 0.6) is 0 Å². The number of unbranched alkanes of at least 4 members (excludes halogenated alkanes) is 2. The lowest BCUT2D eigenvalue weighted by molar-refractivity contribution is -0.165. The van der Waals surface area contributed by atoms with Crippen molar-refractivity contribution in [1.82, 2.24) is 9.80 Å². The molecule has 8 heteroatoms. The zero-order valence-electron chi connectivity index (χ0n) is 17.3. The molecule has 2 amide bonds. The van der Waals surface area contributed by atoms with Crippen molar-refractivity contribution in [1.29, 1.82) is 0 Å². The van der Waals surface area contributed by atoms with Gasteiger partial charge in [-0.15, -0.1) is 0 Å². The lowest BCUT2D eigenvalue weighted by Gasteiger charge is -2.40. The number of ether oxygens (including phenoxy) is 2. The Labute approximate surface area is 170 Å². The highest BCUT2D eigenvalue weighted by Gasteiger charge is 2.42. The van der Waals surface area contributed by atoms with E-state index in [4.69, 9.17) is 9.47 Å². The summed E-state index contributed by atoms with van der Waals surface area (Å²) in [5.74, 6) is -0.703. The van der Waals surface area contributed by atoms with Crippen molar-refractivity contribution in [3.05, 3.63) is 0 Å². The largest absolute Gasteiger partial charge is 0.458 e. The summed E-state index contributed by atoms with van der Waals surface area (Å²) in [6, 6.07) is -0.868. The highest BCUT2D eigenvalue weighted by atomic mass is 79.9. The van der Waals surface area contributed by atoms with Crippen molar-refractivity contribution in [2.75, 3.05) is 25.0 Å². The zero-order valence-corrected chi connectivity index (χ0v) is 18.9. The summed E-state index contributed by atoms with van der Waals surface area (Å²) in [5.41, 5.74) is -1.40. The van der Waals surface area contributed by atoms with Crippen LogP contribution in [0.2, 0.25) is 0 Å². The maximum atomic E-state index is 12.7. The predicted octanol–water partition coefficient (Wildman–Crippen LogP) is 3.34. The first-order valence-electron chi connectivity index (χ1n) is 9.40. The molecule has 1 unspecified atom stereocenters. The molecule has 0 aromatic carbocycles. The molecule has 0 bridgehead atoms. The fourth-order valence-electron chi connectivity index (χ4n) is 2.64. The Balaban J connectivity index is 2.92. The number of carbonyl (C=O) groups is 3. The van der Waals surface area contributed by atoms with Crippen LogP contribution in [0.3, 0.4) is 0 Å². The van der Waals surface area contributed by atoms with Crippen LogP contribution < -0.4 is 0 Å². The Morgan fingerprint density at radius 1 is 1.04 bits per heavy atom. The van der Waals surface area contributed by atoms with Gasteiger partial charge in [0.15, 0.2) is 6.04 Å². The van der Waals surface area contributed by atoms with E-state index in [9.17, 15) is 14.4 Å². The number of hydrogen-bond acceptors (Lipinski definition) is 5. The van der Waals surface area contributed by atoms with Crippen LogP contribution in [-0.4, -0.2) is 70.0 Å². The summed E-state index contributed by atoms with van der Waals surface area (Å²) in [6.45, 7) is 11.1. The van der Waals surface area contributed by atoms with Gasteiger partial charge in [0, 0.05) is 11.9 Å². The number of alkyl halides is 1. The van der Waals surface area contributed by atoms with Crippen LogP contribution in [0.4, 0.5) is 4.79 Å². The maximum Gasteiger partial charge on any atom is 0.411 e. The molecule has 156 valence electrons. The van der Waals surface area contributed by atoms with Gasteiger partial charge in [-0.05, 0) is 54.4 Å². The molecule has 1 atom stereocenters. The molecule has 1 fully saturated rings. The highest BCUT2D eigenvalue weighted by molar-refractivity contribution is 9.09. The summed E-state index contributed by atoms with van der Waals surface area (Å²) in [4.78, 5) is 40.6. The van der Waals surface area contributed by atoms with Crippen LogP contribution in [0.1, 0.15) is 60.8 Å². The summed E-state index contributed by atoms with van der Waals surface area (Å²) in [5, 5.41) is 0.925. The van der Waals surface area contributed by atoms with Crippen LogP contribution in [-0.2, 0) is 19.1 Å². The minimum absolute atomic E-state index is 0.126. The Hall–Kier alpha value is -1.31.